The zero-order chi connectivity index (χ0) is 12.0. The summed E-state index contributed by atoms with van der Waals surface area (Å²) in [6.07, 6.45) is 2.65. The molecule has 0 aromatic carbocycles. The molecule has 0 radical (unpaired) electrons. The fraction of sp³-hybridized carbons (Fsp3) is 0.583. The Kier molecular flexibility index (Phi) is 5.80. The average molecular weight is 240 g/mol. The van der Waals surface area contributed by atoms with Gasteiger partial charge in [-0.05, 0) is 38.1 Å². The first-order chi connectivity index (χ1) is 7.67. The third kappa shape index (κ3) is 4.12. The lowest BCUT2D eigenvalue weighted by Gasteiger charge is -2.13. The van der Waals surface area contributed by atoms with Crippen LogP contribution in [0.15, 0.2) is 23.4 Å². The van der Waals surface area contributed by atoms with Crippen molar-refractivity contribution in [2.45, 2.75) is 36.6 Å². The molecule has 1 heterocycles. The van der Waals surface area contributed by atoms with Crippen molar-refractivity contribution in [1.29, 1.82) is 0 Å². The van der Waals surface area contributed by atoms with Crippen molar-refractivity contribution in [3.8, 4) is 0 Å². The summed E-state index contributed by atoms with van der Waals surface area (Å²) < 4.78 is 0. The van der Waals surface area contributed by atoms with E-state index in [-0.39, 0.29) is 6.61 Å². The van der Waals surface area contributed by atoms with Gasteiger partial charge in [0.25, 0.3) is 0 Å². The van der Waals surface area contributed by atoms with Crippen LogP contribution in [0.2, 0.25) is 0 Å². The summed E-state index contributed by atoms with van der Waals surface area (Å²) in [5.41, 5.74) is 1.25. The largest absolute Gasteiger partial charge is 0.396 e. The molecule has 3 nitrogen and oxygen atoms in total. The van der Waals surface area contributed by atoms with Crippen molar-refractivity contribution in [2.75, 3.05) is 13.7 Å². The number of hydrogen-bond acceptors (Lipinski definition) is 4. The summed E-state index contributed by atoms with van der Waals surface area (Å²) in [6, 6.07) is 4.48. The standard InChI is InChI=1S/C12H20N2OS/c1-9(5-7-15)16-12-8-11(4-6-14-12)10(2)13-3/h4,6,8-10,13,15H,5,7H2,1-3H3. The number of aromatic nitrogens is 1. The topological polar surface area (TPSA) is 45.2 Å². The van der Waals surface area contributed by atoms with E-state index in [0.717, 1.165) is 11.4 Å². The maximum absolute atomic E-state index is 8.85. The normalized spacial score (nSPS) is 14.8. The molecular formula is C12H20N2OS. The van der Waals surface area contributed by atoms with Gasteiger partial charge in [0.2, 0.25) is 0 Å². The van der Waals surface area contributed by atoms with E-state index in [9.17, 15) is 0 Å². The van der Waals surface area contributed by atoms with Crippen LogP contribution < -0.4 is 5.32 Å². The number of nitrogens with one attached hydrogen (secondary N) is 1. The minimum Gasteiger partial charge on any atom is -0.396 e. The van der Waals surface area contributed by atoms with Crippen LogP contribution >= 0.6 is 11.8 Å². The summed E-state index contributed by atoms with van der Waals surface area (Å²) in [6.45, 7) is 4.47. The second-order valence-corrected chi connectivity index (χ2v) is 5.34. The molecule has 2 N–H and O–H groups in total. The predicted molar refractivity (Wildman–Crippen MR) is 68.7 cm³/mol. The van der Waals surface area contributed by atoms with Gasteiger partial charge in [-0.15, -0.1) is 11.8 Å². The predicted octanol–water partition coefficient (Wildman–Crippen LogP) is 2.23. The highest BCUT2D eigenvalue weighted by Crippen LogP contribution is 2.25. The van der Waals surface area contributed by atoms with Crippen LogP contribution in [0.5, 0.6) is 0 Å². The molecule has 1 rings (SSSR count). The van der Waals surface area contributed by atoms with Gasteiger partial charge in [0.1, 0.15) is 0 Å². The fourth-order valence-corrected chi connectivity index (χ4v) is 2.33. The van der Waals surface area contributed by atoms with Gasteiger partial charge in [-0.1, -0.05) is 6.92 Å². The summed E-state index contributed by atoms with van der Waals surface area (Å²) in [7, 11) is 1.95. The number of nitrogens with zero attached hydrogens (tertiary/aromatic N) is 1. The van der Waals surface area contributed by atoms with Crippen LogP contribution in [-0.2, 0) is 0 Å². The first kappa shape index (κ1) is 13.5. The molecule has 0 fully saturated rings. The lowest BCUT2D eigenvalue weighted by Crippen LogP contribution is -2.12. The molecule has 0 amide bonds. The Balaban J connectivity index is 2.67. The maximum atomic E-state index is 8.85. The molecule has 0 bridgehead atoms. The van der Waals surface area contributed by atoms with Gasteiger partial charge < -0.3 is 10.4 Å². The molecular weight excluding hydrogens is 220 g/mol. The second kappa shape index (κ2) is 6.89. The lowest BCUT2D eigenvalue weighted by molar-refractivity contribution is 0.289. The first-order valence-electron chi connectivity index (χ1n) is 5.58. The third-order valence-corrected chi connectivity index (χ3v) is 3.65. The maximum Gasteiger partial charge on any atom is 0.0965 e. The Labute approximate surface area is 102 Å². The summed E-state index contributed by atoms with van der Waals surface area (Å²) >= 11 is 1.71. The van der Waals surface area contributed by atoms with Gasteiger partial charge in [-0.25, -0.2) is 4.98 Å². The number of thioether (sulfide) groups is 1. The number of aliphatic hydroxyl groups is 1. The van der Waals surface area contributed by atoms with Crippen LogP contribution in [0.4, 0.5) is 0 Å². The lowest BCUT2D eigenvalue weighted by atomic mass is 10.1. The first-order valence-corrected chi connectivity index (χ1v) is 6.46. The minimum absolute atomic E-state index is 0.237. The van der Waals surface area contributed by atoms with E-state index < -0.39 is 0 Å². The highest BCUT2D eigenvalue weighted by Gasteiger charge is 2.07. The van der Waals surface area contributed by atoms with Crippen molar-refractivity contribution in [3.05, 3.63) is 23.9 Å². The summed E-state index contributed by atoms with van der Waals surface area (Å²) in [5.74, 6) is 0. The molecule has 1 aromatic rings. The van der Waals surface area contributed by atoms with Gasteiger partial charge in [-0.2, -0.15) is 0 Å². The molecule has 0 saturated heterocycles. The Hall–Kier alpha value is -0.580. The number of rotatable bonds is 6. The van der Waals surface area contributed by atoms with E-state index in [2.05, 4.69) is 30.2 Å². The molecule has 1 aromatic heterocycles. The van der Waals surface area contributed by atoms with Crippen LogP contribution in [0.1, 0.15) is 31.9 Å². The van der Waals surface area contributed by atoms with Crippen LogP contribution in [-0.4, -0.2) is 29.0 Å². The van der Waals surface area contributed by atoms with E-state index in [1.807, 2.05) is 19.3 Å². The molecule has 0 aliphatic heterocycles. The van der Waals surface area contributed by atoms with Gasteiger partial charge in [0.15, 0.2) is 0 Å². The molecule has 2 unspecified atom stereocenters. The molecule has 16 heavy (non-hydrogen) atoms. The highest BCUT2D eigenvalue weighted by atomic mass is 32.2. The van der Waals surface area contributed by atoms with Gasteiger partial charge >= 0.3 is 0 Å². The van der Waals surface area contributed by atoms with Gasteiger partial charge in [-0.3, -0.25) is 0 Å². The average Bonchev–Trinajstić information content (AvgIpc) is 2.28. The van der Waals surface area contributed by atoms with Crippen molar-refractivity contribution in [1.82, 2.24) is 10.3 Å². The molecule has 0 aliphatic carbocycles. The van der Waals surface area contributed by atoms with E-state index in [1.54, 1.807) is 11.8 Å². The Morgan fingerprint density at radius 2 is 2.25 bits per heavy atom. The zero-order valence-electron chi connectivity index (χ0n) is 10.1. The monoisotopic (exact) mass is 240 g/mol. The smallest absolute Gasteiger partial charge is 0.0965 e. The quantitative estimate of drug-likeness (QED) is 0.748. The number of pyridine rings is 1. The van der Waals surface area contributed by atoms with Crippen LogP contribution in [0.25, 0.3) is 0 Å². The third-order valence-electron chi connectivity index (χ3n) is 2.55. The highest BCUT2D eigenvalue weighted by molar-refractivity contribution is 7.99. The molecule has 2 atom stereocenters. The molecule has 0 aliphatic rings. The molecule has 0 spiro atoms. The van der Waals surface area contributed by atoms with Crippen LogP contribution in [0, 0.1) is 0 Å². The Bertz CT molecular complexity index is 320. The van der Waals surface area contributed by atoms with Gasteiger partial charge in [0, 0.05) is 24.1 Å². The summed E-state index contributed by atoms with van der Waals surface area (Å²) in [5, 5.41) is 13.5. The molecule has 90 valence electrons. The van der Waals surface area contributed by atoms with Gasteiger partial charge in [0.05, 0.1) is 5.03 Å². The van der Waals surface area contributed by atoms with Crippen LogP contribution in [0.3, 0.4) is 0 Å². The van der Waals surface area contributed by atoms with Crippen molar-refractivity contribution >= 4 is 11.8 Å². The zero-order valence-corrected chi connectivity index (χ0v) is 10.9. The van der Waals surface area contributed by atoms with Crippen molar-refractivity contribution in [3.63, 3.8) is 0 Å². The van der Waals surface area contributed by atoms with Crippen molar-refractivity contribution < 1.29 is 5.11 Å². The number of hydrogen-bond donors (Lipinski definition) is 2. The van der Waals surface area contributed by atoms with E-state index in [1.165, 1.54) is 5.56 Å². The van der Waals surface area contributed by atoms with E-state index in [0.29, 0.717) is 11.3 Å². The Morgan fingerprint density at radius 3 is 2.88 bits per heavy atom. The number of aliphatic hydroxyl groups excluding tert-OH is 1. The van der Waals surface area contributed by atoms with E-state index in [4.69, 9.17) is 5.11 Å². The molecule has 0 saturated carbocycles. The van der Waals surface area contributed by atoms with E-state index >= 15 is 0 Å². The SMILES string of the molecule is CNC(C)c1ccnc(SC(C)CCO)c1. The fourth-order valence-electron chi connectivity index (χ4n) is 1.37. The Morgan fingerprint density at radius 1 is 1.50 bits per heavy atom. The second-order valence-electron chi connectivity index (χ2n) is 3.88. The van der Waals surface area contributed by atoms with Crippen molar-refractivity contribution in [2.24, 2.45) is 0 Å². The summed E-state index contributed by atoms with van der Waals surface area (Å²) in [4.78, 5) is 4.33. The minimum atomic E-state index is 0.237. The molecule has 4 heteroatoms.